The number of hydrogen-bond donors (Lipinski definition) is 0. The van der Waals surface area contributed by atoms with Crippen LogP contribution < -0.4 is 4.84 Å². The molecule has 2 rings (SSSR count). The van der Waals surface area contributed by atoms with Gasteiger partial charge in [0.05, 0.1) is 6.61 Å². The maximum atomic E-state index is 5.29. The standard InChI is InChI=1S/C13H14N2O2/c1-3-16-10(2)15-17-13-12-7-5-4-6-11(12)8-9-14-13/h4-9H,3H2,1-2H3. The van der Waals surface area contributed by atoms with Crippen LogP contribution in [0.2, 0.25) is 0 Å². The molecule has 0 radical (unpaired) electrons. The summed E-state index contributed by atoms with van der Waals surface area (Å²) < 4.78 is 5.17. The lowest BCUT2D eigenvalue weighted by Gasteiger charge is -2.04. The third kappa shape index (κ3) is 2.72. The number of benzene rings is 1. The van der Waals surface area contributed by atoms with E-state index in [-0.39, 0.29) is 0 Å². The Labute approximate surface area is 99.9 Å². The second-order valence-electron chi connectivity index (χ2n) is 3.47. The zero-order valence-corrected chi connectivity index (χ0v) is 9.88. The van der Waals surface area contributed by atoms with Gasteiger partial charge in [-0.05, 0) is 29.6 Å². The van der Waals surface area contributed by atoms with E-state index in [4.69, 9.17) is 9.57 Å². The second kappa shape index (κ2) is 5.30. The van der Waals surface area contributed by atoms with E-state index < -0.39 is 0 Å². The van der Waals surface area contributed by atoms with Crippen LogP contribution in [0.25, 0.3) is 10.8 Å². The molecule has 0 amide bonds. The molecule has 0 unspecified atom stereocenters. The number of ether oxygens (including phenoxy) is 1. The minimum atomic E-state index is 0.488. The van der Waals surface area contributed by atoms with E-state index in [1.54, 1.807) is 13.1 Å². The van der Waals surface area contributed by atoms with Crippen LogP contribution in [0.5, 0.6) is 5.88 Å². The predicted octanol–water partition coefficient (Wildman–Crippen LogP) is 2.98. The van der Waals surface area contributed by atoms with E-state index >= 15 is 0 Å². The van der Waals surface area contributed by atoms with E-state index in [1.807, 2.05) is 37.3 Å². The number of rotatable bonds is 3. The summed E-state index contributed by atoms with van der Waals surface area (Å²) >= 11 is 0. The quantitative estimate of drug-likeness (QED) is 0.462. The smallest absolute Gasteiger partial charge is 0.256 e. The maximum Gasteiger partial charge on any atom is 0.256 e. The molecule has 0 atom stereocenters. The molecular formula is C13H14N2O2. The first-order valence-electron chi connectivity index (χ1n) is 5.49. The highest BCUT2D eigenvalue weighted by Crippen LogP contribution is 2.22. The molecule has 17 heavy (non-hydrogen) atoms. The summed E-state index contributed by atoms with van der Waals surface area (Å²) in [5, 5.41) is 5.87. The van der Waals surface area contributed by atoms with E-state index in [9.17, 15) is 0 Å². The van der Waals surface area contributed by atoms with Crippen LogP contribution in [0, 0.1) is 0 Å². The molecule has 0 spiro atoms. The second-order valence-corrected chi connectivity index (χ2v) is 3.47. The number of nitrogens with zero attached hydrogens (tertiary/aromatic N) is 2. The van der Waals surface area contributed by atoms with Crippen molar-refractivity contribution in [2.24, 2.45) is 5.16 Å². The molecule has 1 aromatic carbocycles. The van der Waals surface area contributed by atoms with Crippen molar-refractivity contribution in [3.8, 4) is 5.88 Å². The van der Waals surface area contributed by atoms with Crippen LogP contribution in [0.15, 0.2) is 41.7 Å². The van der Waals surface area contributed by atoms with Gasteiger partial charge in [-0.1, -0.05) is 18.2 Å². The molecule has 4 heteroatoms. The molecule has 0 saturated heterocycles. The number of aromatic nitrogens is 1. The van der Waals surface area contributed by atoms with E-state index in [1.165, 1.54) is 0 Å². The summed E-state index contributed by atoms with van der Waals surface area (Å²) in [6.45, 7) is 4.21. The molecule has 0 N–H and O–H groups in total. The van der Waals surface area contributed by atoms with Gasteiger partial charge in [0.1, 0.15) is 0 Å². The van der Waals surface area contributed by atoms with E-state index in [2.05, 4.69) is 10.1 Å². The van der Waals surface area contributed by atoms with Gasteiger partial charge in [0.2, 0.25) is 5.90 Å². The van der Waals surface area contributed by atoms with Crippen molar-refractivity contribution < 1.29 is 9.57 Å². The molecule has 0 saturated carbocycles. The van der Waals surface area contributed by atoms with Crippen molar-refractivity contribution in [3.63, 3.8) is 0 Å². The van der Waals surface area contributed by atoms with Gasteiger partial charge in [0.25, 0.3) is 5.88 Å². The predicted molar refractivity (Wildman–Crippen MR) is 67.1 cm³/mol. The van der Waals surface area contributed by atoms with Crippen LogP contribution >= 0.6 is 0 Å². The van der Waals surface area contributed by atoms with Crippen molar-refractivity contribution in [2.75, 3.05) is 6.61 Å². The molecule has 1 heterocycles. The minimum absolute atomic E-state index is 0.488. The van der Waals surface area contributed by atoms with E-state index in [0.29, 0.717) is 18.4 Å². The summed E-state index contributed by atoms with van der Waals surface area (Å²) in [5.74, 6) is 0.976. The number of hydrogen-bond acceptors (Lipinski definition) is 4. The van der Waals surface area contributed by atoms with Crippen molar-refractivity contribution in [1.29, 1.82) is 0 Å². The maximum absolute atomic E-state index is 5.29. The zero-order valence-electron chi connectivity index (χ0n) is 9.88. The van der Waals surface area contributed by atoms with Gasteiger partial charge in [-0.2, -0.15) is 0 Å². The van der Waals surface area contributed by atoms with Gasteiger partial charge in [0.15, 0.2) is 0 Å². The lowest BCUT2D eigenvalue weighted by molar-refractivity contribution is 0.272. The highest BCUT2D eigenvalue weighted by atomic mass is 16.7. The van der Waals surface area contributed by atoms with Crippen molar-refractivity contribution in [2.45, 2.75) is 13.8 Å². The van der Waals surface area contributed by atoms with Gasteiger partial charge in [-0.25, -0.2) is 4.98 Å². The Morgan fingerprint density at radius 2 is 2.12 bits per heavy atom. The van der Waals surface area contributed by atoms with Crippen LogP contribution in [0.3, 0.4) is 0 Å². The van der Waals surface area contributed by atoms with Gasteiger partial charge >= 0.3 is 0 Å². The number of fused-ring (bicyclic) bond motifs is 1. The Morgan fingerprint density at radius 3 is 2.94 bits per heavy atom. The molecule has 0 fully saturated rings. The summed E-state index contributed by atoms with van der Waals surface area (Å²) in [7, 11) is 0. The monoisotopic (exact) mass is 230 g/mol. The molecule has 0 aliphatic heterocycles. The average Bonchev–Trinajstić information content (AvgIpc) is 2.36. The SMILES string of the molecule is CCOC(C)=NOc1nccc2ccccc12. The third-order valence-electron chi connectivity index (χ3n) is 2.25. The Hall–Kier alpha value is -2.10. The fourth-order valence-corrected chi connectivity index (χ4v) is 1.51. The Kier molecular flexibility index (Phi) is 3.55. The lowest BCUT2D eigenvalue weighted by Crippen LogP contribution is -2.01. The van der Waals surface area contributed by atoms with Gasteiger partial charge < -0.3 is 9.57 Å². The van der Waals surface area contributed by atoms with Gasteiger partial charge in [-0.15, -0.1) is 0 Å². The summed E-state index contributed by atoms with van der Waals surface area (Å²) in [5.41, 5.74) is 0. The summed E-state index contributed by atoms with van der Waals surface area (Å²) in [4.78, 5) is 9.44. The highest BCUT2D eigenvalue weighted by Gasteiger charge is 2.02. The average molecular weight is 230 g/mol. The summed E-state index contributed by atoms with van der Waals surface area (Å²) in [6.07, 6.45) is 1.70. The molecule has 0 aliphatic carbocycles. The molecule has 88 valence electrons. The summed E-state index contributed by atoms with van der Waals surface area (Å²) in [6, 6.07) is 9.80. The number of pyridine rings is 1. The third-order valence-corrected chi connectivity index (χ3v) is 2.25. The van der Waals surface area contributed by atoms with E-state index in [0.717, 1.165) is 10.8 Å². The molecule has 0 aliphatic rings. The van der Waals surface area contributed by atoms with Crippen LogP contribution in [-0.4, -0.2) is 17.5 Å². The Bertz CT molecular complexity index is 532. The highest BCUT2D eigenvalue weighted by molar-refractivity contribution is 5.86. The van der Waals surface area contributed by atoms with Gasteiger partial charge in [0, 0.05) is 18.5 Å². The first-order valence-corrected chi connectivity index (χ1v) is 5.49. The van der Waals surface area contributed by atoms with Gasteiger partial charge in [-0.3, -0.25) is 0 Å². The lowest BCUT2D eigenvalue weighted by atomic mass is 10.2. The fourth-order valence-electron chi connectivity index (χ4n) is 1.51. The minimum Gasteiger partial charge on any atom is -0.479 e. The van der Waals surface area contributed by atoms with Crippen LogP contribution in [-0.2, 0) is 4.74 Å². The van der Waals surface area contributed by atoms with Crippen molar-refractivity contribution in [1.82, 2.24) is 4.98 Å². The molecular weight excluding hydrogens is 216 g/mol. The molecule has 4 nitrogen and oxygen atoms in total. The molecule has 1 aromatic heterocycles. The normalized spacial score (nSPS) is 11.5. The van der Waals surface area contributed by atoms with Crippen LogP contribution in [0.1, 0.15) is 13.8 Å². The molecule has 2 aromatic rings. The fraction of sp³-hybridized carbons (Fsp3) is 0.231. The first-order chi connectivity index (χ1) is 8.31. The van der Waals surface area contributed by atoms with Crippen LogP contribution in [0.4, 0.5) is 0 Å². The van der Waals surface area contributed by atoms with Crippen molar-refractivity contribution >= 4 is 16.7 Å². The molecule has 0 bridgehead atoms. The topological polar surface area (TPSA) is 43.7 Å². The Morgan fingerprint density at radius 1 is 1.29 bits per heavy atom. The van der Waals surface area contributed by atoms with Crippen molar-refractivity contribution in [3.05, 3.63) is 36.5 Å². The largest absolute Gasteiger partial charge is 0.479 e. The number of oxime groups is 1. The Balaban J connectivity index is 2.27. The first kappa shape index (κ1) is 11.4. The zero-order chi connectivity index (χ0) is 12.1.